The van der Waals surface area contributed by atoms with Crippen LogP contribution in [0.2, 0.25) is 0 Å². The molecule has 1 rings (SSSR count). The molecule has 20 heavy (non-hydrogen) atoms. The topological polar surface area (TPSA) is 98.2 Å². The van der Waals surface area contributed by atoms with Gasteiger partial charge >= 0.3 is 0 Å². The first-order valence-corrected chi connectivity index (χ1v) is 7.44. The number of hydrogen-bond donors (Lipinski definition) is 3. The van der Waals surface area contributed by atoms with Crippen LogP contribution in [0.25, 0.3) is 0 Å². The zero-order chi connectivity index (χ0) is 15.1. The van der Waals surface area contributed by atoms with Crippen molar-refractivity contribution in [2.24, 2.45) is 17.4 Å². The van der Waals surface area contributed by atoms with E-state index in [-0.39, 0.29) is 30.0 Å². The summed E-state index contributed by atoms with van der Waals surface area (Å²) in [5, 5.41) is 2.83. The summed E-state index contributed by atoms with van der Waals surface area (Å²) in [6.07, 6.45) is 0.270. The summed E-state index contributed by atoms with van der Waals surface area (Å²) in [5.41, 5.74) is 11.7. The van der Waals surface area contributed by atoms with Crippen LogP contribution in [0.5, 0.6) is 0 Å². The van der Waals surface area contributed by atoms with Gasteiger partial charge in [-0.2, -0.15) is 0 Å². The lowest BCUT2D eigenvalue weighted by atomic mass is 10.0. The molecule has 0 aliphatic rings. The lowest BCUT2D eigenvalue weighted by Gasteiger charge is -2.16. The minimum Gasteiger partial charge on any atom is -0.369 e. The lowest BCUT2D eigenvalue weighted by Crippen LogP contribution is -2.31. The van der Waals surface area contributed by atoms with Gasteiger partial charge in [-0.1, -0.05) is 26.0 Å². The molecule has 0 aliphatic heterocycles. The van der Waals surface area contributed by atoms with Crippen molar-refractivity contribution >= 4 is 29.3 Å². The summed E-state index contributed by atoms with van der Waals surface area (Å²) in [5.74, 6) is -0.0882. The Morgan fingerprint density at radius 1 is 1.30 bits per heavy atom. The molecule has 0 aliphatic carbocycles. The van der Waals surface area contributed by atoms with Gasteiger partial charge in [0.25, 0.3) is 0 Å². The molecule has 0 bridgehead atoms. The van der Waals surface area contributed by atoms with Crippen LogP contribution in [0.15, 0.2) is 29.2 Å². The number of anilines is 1. The van der Waals surface area contributed by atoms with Gasteiger partial charge < -0.3 is 16.8 Å². The average Bonchev–Trinajstić information content (AvgIpc) is 2.37. The van der Waals surface area contributed by atoms with E-state index in [0.29, 0.717) is 5.69 Å². The predicted octanol–water partition coefficient (Wildman–Crippen LogP) is 1.58. The molecule has 0 radical (unpaired) electrons. The maximum Gasteiger partial charge on any atom is 0.227 e. The Kier molecular flexibility index (Phi) is 6.54. The molecule has 110 valence electrons. The molecular formula is C14H21N3O2S. The smallest absolute Gasteiger partial charge is 0.227 e. The average molecular weight is 295 g/mol. The van der Waals surface area contributed by atoms with E-state index in [1.165, 1.54) is 11.8 Å². The van der Waals surface area contributed by atoms with Gasteiger partial charge in [0.05, 0.1) is 11.4 Å². The fourth-order valence-corrected chi connectivity index (χ4v) is 2.24. The van der Waals surface area contributed by atoms with E-state index in [2.05, 4.69) is 5.32 Å². The van der Waals surface area contributed by atoms with Gasteiger partial charge in [0.15, 0.2) is 0 Å². The molecule has 5 N–H and O–H groups in total. The van der Waals surface area contributed by atoms with Crippen LogP contribution in [0, 0.1) is 5.92 Å². The van der Waals surface area contributed by atoms with Crippen molar-refractivity contribution in [2.75, 3.05) is 11.1 Å². The highest BCUT2D eigenvalue weighted by Crippen LogP contribution is 2.26. The SMILES string of the molecule is CC(C)C(N)CC(=O)Nc1ccccc1SCC(N)=O. The Balaban J connectivity index is 2.67. The number of amides is 2. The Morgan fingerprint density at radius 2 is 1.95 bits per heavy atom. The molecule has 0 spiro atoms. The van der Waals surface area contributed by atoms with E-state index >= 15 is 0 Å². The molecule has 0 saturated heterocycles. The number of para-hydroxylation sites is 1. The third-order valence-corrected chi connectivity index (χ3v) is 3.90. The first-order valence-electron chi connectivity index (χ1n) is 6.45. The van der Waals surface area contributed by atoms with Crippen LogP contribution in [-0.4, -0.2) is 23.6 Å². The van der Waals surface area contributed by atoms with Crippen molar-refractivity contribution in [3.8, 4) is 0 Å². The van der Waals surface area contributed by atoms with Gasteiger partial charge in [-0.3, -0.25) is 9.59 Å². The van der Waals surface area contributed by atoms with Gasteiger partial charge in [0.1, 0.15) is 0 Å². The third kappa shape index (κ3) is 5.63. The Bertz CT molecular complexity index is 477. The normalized spacial score (nSPS) is 12.2. The maximum absolute atomic E-state index is 11.9. The molecule has 1 aromatic rings. The first kappa shape index (κ1) is 16.5. The fourth-order valence-electron chi connectivity index (χ4n) is 1.50. The van der Waals surface area contributed by atoms with Gasteiger partial charge in [-0.25, -0.2) is 0 Å². The summed E-state index contributed by atoms with van der Waals surface area (Å²) in [4.78, 5) is 23.6. The largest absolute Gasteiger partial charge is 0.369 e. The second-order valence-electron chi connectivity index (χ2n) is 4.91. The summed E-state index contributed by atoms with van der Waals surface area (Å²) in [7, 11) is 0. The second kappa shape index (κ2) is 7.91. The molecule has 6 heteroatoms. The number of benzene rings is 1. The Morgan fingerprint density at radius 3 is 2.55 bits per heavy atom. The monoisotopic (exact) mass is 295 g/mol. The highest BCUT2D eigenvalue weighted by molar-refractivity contribution is 8.00. The molecule has 2 amide bonds. The molecular weight excluding hydrogens is 274 g/mol. The van der Waals surface area contributed by atoms with E-state index in [9.17, 15) is 9.59 Å². The molecule has 0 saturated carbocycles. The lowest BCUT2D eigenvalue weighted by molar-refractivity contribution is -0.117. The number of carbonyl (C=O) groups excluding carboxylic acids is 2. The van der Waals surface area contributed by atoms with Crippen molar-refractivity contribution in [1.82, 2.24) is 0 Å². The van der Waals surface area contributed by atoms with Crippen LogP contribution in [-0.2, 0) is 9.59 Å². The van der Waals surface area contributed by atoms with Crippen LogP contribution in [0.3, 0.4) is 0 Å². The van der Waals surface area contributed by atoms with Crippen molar-refractivity contribution in [2.45, 2.75) is 31.2 Å². The highest BCUT2D eigenvalue weighted by Gasteiger charge is 2.14. The van der Waals surface area contributed by atoms with Crippen molar-refractivity contribution < 1.29 is 9.59 Å². The zero-order valence-corrected chi connectivity index (χ0v) is 12.6. The number of rotatable bonds is 7. The van der Waals surface area contributed by atoms with Crippen molar-refractivity contribution in [3.63, 3.8) is 0 Å². The highest BCUT2D eigenvalue weighted by atomic mass is 32.2. The molecule has 0 aromatic heterocycles. The quantitative estimate of drug-likeness (QED) is 0.665. The number of nitrogens with two attached hydrogens (primary N) is 2. The molecule has 1 aromatic carbocycles. The van der Waals surface area contributed by atoms with Crippen molar-refractivity contribution in [1.29, 1.82) is 0 Å². The van der Waals surface area contributed by atoms with E-state index in [1.807, 2.05) is 32.0 Å². The maximum atomic E-state index is 11.9. The van der Waals surface area contributed by atoms with E-state index in [4.69, 9.17) is 11.5 Å². The summed E-state index contributed by atoms with van der Waals surface area (Å²) < 4.78 is 0. The molecule has 1 atom stereocenters. The minimum atomic E-state index is -0.391. The van der Waals surface area contributed by atoms with Crippen molar-refractivity contribution in [3.05, 3.63) is 24.3 Å². The van der Waals surface area contributed by atoms with Gasteiger partial charge in [-0.15, -0.1) is 11.8 Å². The number of primary amides is 1. The second-order valence-corrected chi connectivity index (χ2v) is 5.93. The van der Waals surface area contributed by atoms with Crippen LogP contribution < -0.4 is 16.8 Å². The molecule has 1 unspecified atom stereocenters. The summed E-state index contributed by atoms with van der Waals surface area (Å²) in [6.45, 7) is 3.96. The summed E-state index contributed by atoms with van der Waals surface area (Å²) in [6, 6.07) is 7.14. The van der Waals surface area contributed by atoms with E-state index in [0.717, 1.165) is 4.90 Å². The Hall–Kier alpha value is -1.53. The minimum absolute atomic E-state index is 0.127. The van der Waals surface area contributed by atoms with Crippen LogP contribution in [0.4, 0.5) is 5.69 Å². The molecule has 0 fully saturated rings. The molecule has 5 nitrogen and oxygen atoms in total. The standard InChI is InChI=1S/C14H21N3O2S/c1-9(2)10(15)7-14(19)17-11-5-3-4-6-12(11)20-8-13(16)18/h3-6,9-10H,7-8,15H2,1-2H3,(H2,16,18)(H,17,19). The third-order valence-electron chi connectivity index (χ3n) is 2.81. The van der Waals surface area contributed by atoms with E-state index < -0.39 is 5.91 Å². The van der Waals surface area contributed by atoms with E-state index in [1.54, 1.807) is 6.07 Å². The number of carbonyl (C=O) groups is 2. The number of thioether (sulfide) groups is 1. The summed E-state index contributed by atoms with van der Waals surface area (Å²) >= 11 is 1.30. The van der Waals surface area contributed by atoms with Gasteiger partial charge in [0.2, 0.25) is 11.8 Å². The van der Waals surface area contributed by atoms with Gasteiger partial charge in [-0.05, 0) is 18.1 Å². The number of hydrogen-bond acceptors (Lipinski definition) is 4. The van der Waals surface area contributed by atoms with Gasteiger partial charge in [0, 0.05) is 17.4 Å². The number of nitrogens with one attached hydrogen (secondary N) is 1. The predicted molar refractivity (Wildman–Crippen MR) is 82.4 cm³/mol. The molecule has 0 heterocycles. The fraction of sp³-hybridized carbons (Fsp3) is 0.429. The van der Waals surface area contributed by atoms with Crippen LogP contribution in [0.1, 0.15) is 20.3 Å². The van der Waals surface area contributed by atoms with Crippen LogP contribution >= 0.6 is 11.8 Å². The Labute approximate surface area is 123 Å². The first-order chi connectivity index (χ1) is 9.40. The zero-order valence-electron chi connectivity index (χ0n) is 11.8.